The van der Waals surface area contributed by atoms with Crippen LogP contribution in [0.5, 0.6) is 0 Å². The zero-order chi connectivity index (χ0) is 13.7. The maximum absolute atomic E-state index is 11.2. The van der Waals surface area contributed by atoms with Crippen LogP contribution >= 0.6 is 15.9 Å². The third-order valence-electron chi connectivity index (χ3n) is 3.06. The van der Waals surface area contributed by atoms with Gasteiger partial charge in [-0.1, -0.05) is 46.3 Å². The lowest BCUT2D eigenvalue weighted by atomic mass is 10.1. The lowest BCUT2D eigenvalue weighted by Gasteiger charge is -2.24. The van der Waals surface area contributed by atoms with E-state index in [1.807, 2.05) is 36.4 Å². The van der Waals surface area contributed by atoms with Crippen LogP contribution in [-0.4, -0.2) is 12.8 Å². The summed E-state index contributed by atoms with van der Waals surface area (Å²) >= 11 is 3.40. The first-order valence-corrected chi connectivity index (χ1v) is 7.07. The fraction of sp³-hybridized carbons (Fsp3) is 0.188. The lowest BCUT2D eigenvalue weighted by Crippen LogP contribution is -2.23. The highest BCUT2D eigenvalue weighted by Crippen LogP contribution is 2.24. The Kier molecular flexibility index (Phi) is 4.74. The van der Waals surface area contributed by atoms with E-state index in [1.165, 1.54) is 5.56 Å². The van der Waals surface area contributed by atoms with Gasteiger partial charge in [-0.05, 0) is 30.7 Å². The monoisotopic (exact) mass is 317 g/mol. The molecule has 0 aliphatic rings. The van der Waals surface area contributed by atoms with Crippen LogP contribution in [0, 0.1) is 0 Å². The molecule has 0 unspecified atom stereocenters. The highest BCUT2D eigenvalue weighted by Gasteiger charge is 2.10. The predicted molar refractivity (Wildman–Crippen MR) is 82.7 cm³/mol. The first-order valence-electron chi connectivity index (χ1n) is 6.28. The van der Waals surface area contributed by atoms with Crippen LogP contribution in [0.4, 0.5) is 5.69 Å². The zero-order valence-electron chi connectivity index (χ0n) is 10.8. The highest BCUT2D eigenvalue weighted by molar-refractivity contribution is 9.10. The molecule has 0 fully saturated rings. The van der Waals surface area contributed by atoms with E-state index in [4.69, 9.17) is 0 Å². The number of rotatable bonds is 5. The molecule has 0 N–H and O–H groups in total. The van der Waals surface area contributed by atoms with Gasteiger partial charge in [0.25, 0.3) is 0 Å². The lowest BCUT2D eigenvalue weighted by molar-refractivity contribution is 0.112. The Morgan fingerprint density at radius 1 is 1.16 bits per heavy atom. The van der Waals surface area contributed by atoms with E-state index in [0.717, 1.165) is 29.5 Å². The van der Waals surface area contributed by atoms with Crippen LogP contribution in [0.15, 0.2) is 53.0 Å². The second-order valence-corrected chi connectivity index (χ2v) is 5.24. The number of hydrogen-bond acceptors (Lipinski definition) is 2. The molecule has 2 aromatic carbocycles. The number of hydrogen-bond donors (Lipinski definition) is 0. The molecule has 0 radical (unpaired) electrons. The van der Waals surface area contributed by atoms with E-state index in [0.29, 0.717) is 5.56 Å². The van der Waals surface area contributed by atoms with Crippen molar-refractivity contribution in [2.24, 2.45) is 0 Å². The van der Waals surface area contributed by atoms with E-state index in [2.05, 4.69) is 39.9 Å². The van der Waals surface area contributed by atoms with Crippen LogP contribution < -0.4 is 4.90 Å². The van der Waals surface area contributed by atoms with Crippen LogP contribution in [0.1, 0.15) is 22.8 Å². The Hall–Kier alpha value is -1.61. The van der Waals surface area contributed by atoms with Crippen molar-refractivity contribution in [2.75, 3.05) is 11.4 Å². The SMILES string of the molecule is CCN(Cc1ccccc1)c1ccc(Br)cc1C=O. The normalized spacial score (nSPS) is 10.2. The predicted octanol–water partition coefficient (Wildman–Crippen LogP) is 4.29. The largest absolute Gasteiger partial charge is 0.367 e. The molecule has 0 aliphatic heterocycles. The molecule has 0 atom stereocenters. The molecule has 0 spiro atoms. The van der Waals surface area contributed by atoms with Gasteiger partial charge in [-0.2, -0.15) is 0 Å². The summed E-state index contributed by atoms with van der Waals surface area (Å²) in [7, 11) is 0. The summed E-state index contributed by atoms with van der Waals surface area (Å²) in [6.07, 6.45) is 0.910. The van der Waals surface area contributed by atoms with Crippen LogP contribution in [0.3, 0.4) is 0 Å². The molecule has 2 aromatic rings. The second kappa shape index (κ2) is 6.53. The maximum atomic E-state index is 11.2. The number of aldehydes is 1. The first-order chi connectivity index (χ1) is 9.24. The number of anilines is 1. The third kappa shape index (κ3) is 3.44. The Morgan fingerprint density at radius 3 is 2.53 bits per heavy atom. The highest BCUT2D eigenvalue weighted by atomic mass is 79.9. The molecule has 0 amide bonds. The van der Waals surface area contributed by atoms with Crippen LogP contribution in [0.2, 0.25) is 0 Å². The van der Waals surface area contributed by atoms with Gasteiger partial charge in [0.1, 0.15) is 0 Å². The van der Waals surface area contributed by atoms with E-state index in [9.17, 15) is 4.79 Å². The van der Waals surface area contributed by atoms with Crippen molar-refractivity contribution in [3.63, 3.8) is 0 Å². The van der Waals surface area contributed by atoms with Crippen LogP contribution in [-0.2, 0) is 6.54 Å². The Morgan fingerprint density at radius 2 is 1.89 bits per heavy atom. The minimum Gasteiger partial charge on any atom is -0.367 e. The van der Waals surface area contributed by atoms with Gasteiger partial charge in [0.2, 0.25) is 0 Å². The summed E-state index contributed by atoms with van der Waals surface area (Å²) in [4.78, 5) is 13.4. The number of nitrogens with zero attached hydrogens (tertiary/aromatic N) is 1. The number of carbonyl (C=O) groups excluding carboxylic acids is 1. The van der Waals surface area contributed by atoms with E-state index < -0.39 is 0 Å². The molecule has 98 valence electrons. The first kappa shape index (κ1) is 13.8. The van der Waals surface area contributed by atoms with Crippen molar-refractivity contribution in [2.45, 2.75) is 13.5 Å². The van der Waals surface area contributed by atoms with Crippen LogP contribution in [0.25, 0.3) is 0 Å². The van der Waals surface area contributed by atoms with Crippen molar-refractivity contribution < 1.29 is 4.79 Å². The molecule has 0 aliphatic carbocycles. The Bertz CT molecular complexity index is 554. The third-order valence-corrected chi connectivity index (χ3v) is 3.55. The fourth-order valence-electron chi connectivity index (χ4n) is 2.08. The molecular weight excluding hydrogens is 302 g/mol. The van der Waals surface area contributed by atoms with E-state index >= 15 is 0 Å². The van der Waals surface area contributed by atoms with Gasteiger partial charge in [0.15, 0.2) is 6.29 Å². The average molecular weight is 318 g/mol. The van der Waals surface area contributed by atoms with Gasteiger partial charge in [0, 0.05) is 28.8 Å². The Balaban J connectivity index is 2.29. The summed E-state index contributed by atoms with van der Waals surface area (Å²) in [6.45, 7) is 3.76. The van der Waals surface area contributed by atoms with Crippen molar-refractivity contribution in [1.82, 2.24) is 0 Å². The summed E-state index contributed by atoms with van der Waals surface area (Å²) in [5.74, 6) is 0. The summed E-state index contributed by atoms with van der Waals surface area (Å²) in [5, 5.41) is 0. The van der Waals surface area contributed by atoms with Gasteiger partial charge < -0.3 is 4.90 Å². The van der Waals surface area contributed by atoms with Gasteiger partial charge in [-0.3, -0.25) is 4.79 Å². The molecule has 3 heteroatoms. The van der Waals surface area contributed by atoms with Gasteiger partial charge in [-0.15, -0.1) is 0 Å². The standard InChI is InChI=1S/C16H16BrNO/c1-2-18(11-13-6-4-3-5-7-13)16-9-8-15(17)10-14(16)12-19/h3-10,12H,2,11H2,1H3. The fourth-order valence-corrected chi connectivity index (χ4v) is 2.46. The maximum Gasteiger partial charge on any atom is 0.152 e. The molecule has 0 aromatic heterocycles. The second-order valence-electron chi connectivity index (χ2n) is 4.32. The molecule has 0 saturated heterocycles. The van der Waals surface area contributed by atoms with E-state index in [1.54, 1.807) is 0 Å². The zero-order valence-corrected chi connectivity index (χ0v) is 12.4. The van der Waals surface area contributed by atoms with Crippen molar-refractivity contribution in [3.8, 4) is 0 Å². The molecule has 2 nitrogen and oxygen atoms in total. The van der Waals surface area contributed by atoms with Crippen molar-refractivity contribution >= 4 is 27.9 Å². The van der Waals surface area contributed by atoms with Crippen molar-refractivity contribution in [1.29, 1.82) is 0 Å². The smallest absolute Gasteiger partial charge is 0.152 e. The van der Waals surface area contributed by atoms with Gasteiger partial charge >= 0.3 is 0 Å². The quantitative estimate of drug-likeness (QED) is 0.767. The summed E-state index contributed by atoms with van der Waals surface area (Å²) in [5.41, 5.74) is 2.93. The minimum absolute atomic E-state index is 0.715. The van der Waals surface area contributed by atoms with Gasteiger partial charge in [-0.25, -0.2) is 0 Å². The molecule has 0 bridgehead atoms. The molecule has 2 rings (SSSR count). The summed E-state index contributed by atoms with van der Waals surface area (Å²) < 4.78 is 0.925. The van der Waals surface area contributed by atoms with Gasteiger partial charge in [0.05, 0.1) is 0 Å². The van der Waals surface area contributed by atoms with E-state index in [-0.39, 0.29) is 0 Å². The number of carbonyl (C=O) groups is 1. The molecule has 0 heterocycles. The number of halogens is 1. The Labute approximate surface area is 122 Å². The molecule has 0 saturated carbocycles. The van der Waals surface area contributed by atoms with Crippen molar-refractivity contribution in [3.05, 3.63) is 64.1 Å². The summed E-state index contributed by atoms with van der Waals surface area (Å²) in [6, 6.07) is 16.1. The minimum atomic E-state index is 0.715. The average Bonchev–Trinajstić information content (AvgIpc) is 2.46. The molecule has 19 heavy (non-hydrogen) atoms. The topological polar surface area (TPSA) is 20.3 Å². The number of benzene rings is 2. The molecular formula is C16H16BrNO.